The van der Waals surface area contributed by atoms with Crippen LogP contribution in [0.4, 0.5) is 5.69 Å². The van der Waals surface area contributed by atoms with Gasteiger partial charge >= 0.3 is 0 Å². The summed E-state index contributed by atoms with van der Waals surface area (Å²) in [4.78, 5) is 19.8. The van der Waals surface area contributed by atoms with Crippen molar-refractivity contribution >= 4 is 21.6 Å². The van der Waals surface area contributed by atoms with Gasteiger partial charge in [0.1, 0.15) is 0 Å². The van der Waals surface area contributed by atoms with Crippen LogP contribution in [0.2, 0.25) is 0 Å². The zero-order valence-electron chi connectivity index (χ0n) is 18.1. The minimum absolute atomic E-state index is 0.162. The number of nitrogens with zero attached hydrogens (tertiary/aromatic N) is 2. The molecular weight excluding hydrogens is 422 g/mol. The highest BCUT2D eigenvalue weighted by atomic mass is 32.2. The number of amides is 1. The van der Waals surface area contributed by atoms with Crippen LogP contribution >= 0.6 is 0 Å². The number of para-hydroxylation sites is 1. The van der Waals surface area contributed by atoms with Gasteiger partial charge in [-0.15, -0.1) is 0 Å². The first kappa shape index (κ1) is 22.0. The lowest BCUT2D eigenvalue weighted by atomic mass is 10.1. The van der Waals surface area contributed by atoms with Gasteiger partial charge in [-0.05, 0) is 62.1 Å². The molecule has 2 aromatic carbocycles. The van der Waals surface area contributed by atoms with Crippen LogP contribution in [0, 0.1) is 12.8 Å². The van der Waals surface area contributed by atoms with Crippen LogP contribution in [0.25, 0.3) is 0 Å². The maximum absolute atomic E-state index is 13.5. The molecule has 6 nitrogen and oxygen atoms in total. The van der Waals surface area contributed by atoms with Gasteiger partial charge < -0.3 is 4.90 Å². The molecule has 0 aliphatic heterocycles. The molecular formula is C25H27N3O3S. The summed E-state index contributed by atoms with van der Waals surface area (Å²) in [6, 6.07) is 19.2. The molecule has 1 N–H and O–H groups in total. The second kappa shape index (κ2) is 9.53. The highest BCUT2D eigenvalue weighted by Gasteiger charge is 2.28. The van der Waals surface area contributed by atoms with E-state index in [1.54, 1.807) is 54.7 Å². The molecule has 0 radical (unpaired) electrons. The van der Waals surface area contributed by atoms with Gasteiger partial charge in [0, 0.05) is 31.4 Å². The average Bonchev–Trinajstić information content (AvgIpc) is 3.61. The van der Waals surface area contributed by atoms with Crippen LogP contribution in [-0.4, -0.2) is 37.3 Å². The van der Waals surface area contributed by atoms with Crippen molar-refractivity contribution in [2.24, 2.45) is 5.92 Å². The van der Waals surface area contributed by atoms with Crippen LogP contribution in [0.3, 0.4) is 0 Å². The number of anilines is 1. The first-order chi connectivity index (χ1) is 15.4. The van der Waals surface area contributed by atoms with Gasteiger partial charge in [-0.2, -0.15) is 0 Å². The van der Waals surface area contributed by atoms with E-state index in [0.717, 1.165) is 24.1 Å². The average molecular weight is 450 g/mol. The molecule has 0 bridgehead atoms. The summed E-state index contributed by atoms with van der Waals surface area (Å²) in [6.45, 7) is 3.10. The smallest absolute Gasteiger partial charge is 0.261 e. The number of aryl methyl sites for hydroxylation is 1. The van der Waals surface area contributed by atoms with Crippen LogP contribution in [0.5, 0.6) is 0 Å². The third-order valence-corrected chi connectivity index (χ3v) is 6.94. The Bertz CT molecular complexity index is 1170. The van der Waals surface area contributed by atoms with Gasteiger partial charge in [0.25, 0.3) is 15.9 Å². The maximum Gasteiger partial charge on any atom is 0.261 e. The number of sulfonamides is 1. The van der Waals surface area contributed by atoms with Crippen molar-refractivity contribution < 1.29 is 13.2 Å². The maximum atomic E-state index is 13.5. The highest BCUT2D eigenvalue weighted by Crippen LogP contribution is 2.31. The standard InChI is InChI=1S/C25H27N3O3S/c1-19-9-13-22(14-10-19)32(30,31)27-24-8-3-2-7-23(24)25(29)28(18-20-11-12-20)17-15-21-6-4-5-16-26-21/h2-10,13-14,16,20,27H,11-12,15,17-18H2,1H3. The molecule has 1 fully saturated rings. The number of carbonyl (C=O) groups is 1. The van der Waals surface area contributed by atoms with E-state index in [1.807, 2.05) is 30.0 Å². The Morgan fingerprint density at radius 1 is 1.03 bits per heavy atom. The Morgan fingerprint density at radius 3 is 2.44 bits per heavy atom. The molecule has 1 amide bonds. The number of hydrogen-bond acceptors (Lipinski definition) is 4. The molecule has 166 valence electrons. The van der Waals surface area contributed by atoms with Gasteiger partial charge in [-0.3, -0.25) is 14.5 Å². The van der Waals surface area contributed by atoms with E-state index < -0.39 is 10.0 Å². The predicted octanol–water partition coefficient (Wildman–Crippen LogP) is 4.29. The molecule has 4 rings (SSSR count). The number of benzene rings is 2. The summed E-state index contributed by atoms with van der Waals surface area (Å²) in [5.41, 5.74) is 2.54. The quantitative estimate of drug-likeness (QED) is 0.529. The Labute approximate surface area is 189 Å². The van der Waals surface area contributed by atoms with E-state index in [9.17, 15) is 13.2 Å². The Hall–Kier alpha value is -3.19. The minimum Gasteiger partial charge on any atom is -0.338 e. The predicted molar refractivity (Wildman–Crippen MR) is 125 cm³/mol. The van der Waals surface area contributed by atoms with Gasteiger partial charge in [-0.1, -0.05) is 35.9 Å². The zero-order valence-corrected chi connectivity index (χ0v) is 18.9. The van der Waals surface area contributed by atoms with Gasteiger partial charge in [0.15, 0.2) is 0 Å². The second-order valence-corrected chi connectivity index (χ2v) is 9.91. The minimum atomic E-state index is -3.81. The molecule has 1 saturated carbocycles. The van der Waals surface area contributed by atoms with Crippen molar-refractivity contribution in [3.05, 3.63) is 89.7 Å². The fourth-order valence-electron chi connectivity index (χ4n) is 3.53. The molecule has 1 aliphatic carbocycles. The molecule has 32 heavy (non-hydrogen) atoms. The molecule has 0 spiro atoms. The Kier molecular flexibility index (Phi) is 6.55. The Balaban J connectivity index is 1.56. The van der Waals surface area contributed by atoms with Crippen molar-refractivity contribution in [3.8, 4) is 0 Å². The van der Waals surface area contributed by atoms with Gasteiger partial charge in [0.2, 0.25) is 0 Å². The van der Waals surface area contributed by atoms with Crippen LogP contribution in [0.15, 0.2) is 77.8 Å². The second-order valence-electron chi connectivity index (χ2n) is 8.23. The third kappa shape index (κ3) is 5.53. The fraction of sp³-hybridized carbons (Fsp3) is 0.280. The van der Waals surface area contributed by atoms with Gasteiger partial charge in [0.05, 0.1) is 16.1 Å². The molecule has 0 unspecified atom stereocenters. The van der Waals surface area contributed by atoms with Crippen molar-refractivity contribution in [3.63, 3.8) is 0 Å². The Morgan fingerprint density at radius 2 is 1.75 bits per heavy atom. The van der Waals surface area contributed by atoms with Gasteiger partial charge in [-0.25, -0.2) is 8.42 Å². The fourth-order valence-corrected chi connectivity index (χ4v) is 4.61. The van der Waals surface area contributed by atoms with E-state index in [2.05, 4.69) is 9.71 Å². The van der Waals surface area contributed by atoms with Crippen molar-refractivity contribution in [2.75, 3.05) is 17.8 Å². The molecule has 0 atom stereocenters. The third-order valence-electron chi connectivity index (χ3n) is 5.56. The molecule has 1 aromatic heterocycles. The summed E-state index contributed by atoms with van der Waals surface area (Å²) < 4.78 is 28.4. The zero-order chi connectivity index (χ0) is 22.6. The van der Waals surface area contributed by atoms with Crippen molar-refractivity contribution in [1.29, 1.82) is 0 Å². The number of carbonyl (C=O) groups excluding carboxylic acids is 1. The van der Waals surface area contributed by atoms with Crippen molar-refractivity contribution in [2.45, 2.75) is 31.1 Å². The number of aromatic nitrogens is 1. The lowest BCUT2D eigenvalue weighted by Gasteiger charge is -2.24. The molecule has 1 heterocycles. The largest absolute Gasteiger partial charge is 0.338 e. The summed E-state index contributed by atoms with van der Waals surface area (Å²) >= 11 is 0. The van der Waals surface area contributed by atoms with E-state index in [-0.39, 0.29) is 16.5 Å². The summed E-state index contributed by atoms with van der Waals surface area (Å²) in [7, 11) is -3.81. The molecule has 0 saturated heterocycles. The van der Waals surface area contributed by atoms with Crippen LogP contribution < -0.4 is 4.72 Å². The number of hydrogen-bond donors (Lipinski definition) is 1. The first-order valence-electron chi connectivity index (χ1n) is 10.8. The summed E-state index contributed by atoms with van der Waals surface area (Å²) in [6.07, 6.45) is 4.64. The molecule has 3 aromatic rings. The monoisotopic (exact) mass is 449 g/mol. The van der Waals surface area contributed by atoms with E-state index in [4.69, 9.17) is 0 Å². The highest BCUT2D eigenvalue weighted by molar-refractivity contribution is 7.92. The van der Waals surface area contributed by atoms with E-state index >= 15 is 0 Å². The van der Waals surface area contributed by atoms with Crippen molar-refractivity contribution in [1.82, 2.24) is 9.88 Å². The summed E-state index contributed by atoms with van der Waals surface area (Å²) in [5, 5.41) is 0. The normalized spacial score (nSPS) is 13.5. The number of rotatable bonds is 9. The molecule has 1 aliphatic rings. The SMILES string of the molecule is Cc1ccc(S(=O)(=O)Nc2ccccc2C(=O)N(CCc2ccccn2)CC2CC2)cc1. The lowest BCUT2D eigenvalue weighted by molar-refractivity contribution is 0.0750. The van der Waals surface area contributed by atoms with Crippen LogP contribution in [0.1, 0.15) is 34.5 Å². The summed E-state index contributed by atoms with van der Waals surface area (Å²) in [5.74, 6) is 0.342. The van der Waals surface area contributed by atoms with E-state index in [1.165, 1.54) is 0 Å². The number of nitrogens with one attached hydrogen (secondary N) is 1. The van der Waals surface area contributed by atoms with Crippen LogP contribution in [-0.2, 0) is 16.4 Å². The van der Waals surface area contributed by atoms with E-state index in [0.29, 0.717) is 31.0 Å². The lowest BCUT2D eigenvalue weighted by Crippen LogP contribution is -2.35. The first-order valence-corrected chi connectivity index (χ1v) is 12.3. The number of pyridine rings is 1. The molecule has 7 heteroatoms. The topological polar surface area (TPSA) is 79.4 Å².